The van der Waals surface area contributed by atoms with Crippen molar-refractivity contribution in [1.82, 2.24) is 0 Å². The second-order valence-electron chi connectivity index (χ2n) is 1.61. The van der Waals surface area contributed by atoms with Crippen molar-refractivity contribution < 1.29 is 17.6 Å². The van der Waals surface area contributed by atoms with Gasteiger partial charge in [-0.15, -0.1) is 0 Å². The topological polar surface area (TPSA) is 26.0 Å². The van der Waals surface area contributed by atoms with E-state index in [0.717, 1.165) is 6.08 Å². The molecule has 0 bridgehead atoms. The predicted molar refractivity (Wildman–Crippen MR) is 29.1 cm³/mol. The summed E-state index contributed by atoms with van der Waals surface area (Å²) >= 11 is 0. The van der Waals surface area contributed by atoms with Gasteiger partial charge in [0.2, 0.25) is 0 Å². The van der Waals surface area contributed by atoms with Crippen molar-refractivity contribution in [2.75, 3.05) is 6.54 Å². The Morgan fingerprint density at radius 3 is 2.20 bits per heavy atom. The summed E-state index contributed by atoms with van der Waals surface area (Å²) in [7, 11) is 0. The molecule has 0 aliphatic carbocycles. The molecule has 0 spiro atoms. The van der Waals surface area contributed by atoms with Gasteiger partial charge in [0, 0.05) is 6.54 Å². The molecule has 0 saturated carbocycles. The maximum absolute atomic E-state index is 11.8. The average molecular weight is 157 g/mol. The van der Waals surface area contributed by atoms with E-state index in [9.17, 15) is 17.6 Å². The van der Waals surface area contributed by atoms with Crippen LogP contribution in [-0.4, -0.2) is 18.9 Å². The van der Waals surface area contributed by atoms with Crippen LogP contribution in [0, 0.1) is 0 Å². The Balaban J connectivity index is 3.98. The first kappa shape index (κ1) is 9.42. The van der Waals surface area contributed by atoms with Crippen LogP contribution in [0.2, 0.25) is 0 Å². The quantitative estimate of drug-likeness (QED) is 0.486. The van der Waals surface area contributed by atoms with Crippen LogP contribution in [-0.2, 0) is 0 Å². The van der Waals surface area contributed by atoms with E-state index in [4.69, 9.17) is 5.73 Å². The highest BCUT2D eigenvalue weighted by Crippen LogP contribution is 2.23. The molecule has 0 unspecified atom stereocenters. The number of rotatable bonds is 3. The first-order valence-corrected chi connectivity index (χ1v) is 2.54. The van der Waals surface area contributed by atoms with E-state index in [2.05, 4.69) is 0 Å². The van der Waals surface area contributed by atoms with E-state index in [1.807, 2.05) is 0 Å². The molecule has 2 N–H and O–H groups in total. The van der Waals surface area contributed by atoms with Crippen molar-refractivity contribution in [3.63, 3.8) is 0 Å². The maximum Gasteiger partial charge on any atom is 0.325 e. The summed E-state index contributed by atoms with van der Waals surface area (Å²) < 4.78 is 46.3. The largest absolute Gasteiger partial charge is 0.327 e. The third-order valence-corrected chi connectivity index (χ3v) is 0.767. The van der Waals surface area contributed by atoms with Crippen molar-refractivity contribution in [2.45, 2.75) is 12.3 Å². The van der Waals surface area contributed by atoms with Crippen LogP contribution in [0.5, 0.6) is 0 Å². The first-order chi connectivity index (χ1) is 4.50. The van der Waals surface area contributed by atoms with E-state index in [0.29, 0.717) is 0 Å². The van der Waals surface area contributed by atoms with Crippen LogP contribution in [0.1, 0.15) is 0 Å². The Bertz CT molecular complexity index is 121. The molecule has 0 aromatic carbocycles. The first-order valence-electron chi connectivity index (χ1n) is 2.54. The van der Waals surface area contributed by atoms with Crippen LogP contribution >= 0.6 is 0 Å². The van der Waals surface area contributed by atoms with E-state index in [-0.39, 0.29) is 12.6 Å². The minimum atomic E-state index is -4.04. The molecule has 10 heavy (non-hydrogen) atoms. The Kier molecular flexibility index (Phi) is 3.35. The summed E-state index contributed by atoms with van der Waals surface area (Å²) in [4.78, 5) is 0. The smallest absolute Gasteiger partial charge is 0.325 e. The van der Waals surface area contributed by atoms with Gasteiger partial charge in [-0.1, -0.05) is 6.08 Å². The fourth-order valence-corrected chi connectivity index (χ4v) is 0.298. The van der Waals surface area contributed by atoms with Gasteiger partial charge in [-0.3, -0.25) is 0 Å². The van der Waals surface area contributed by atoms with Crippen molar-refractivity contribution in [2.24, 2.45) is 5.73 Å². The standard InChI is InChI=1S/C5H7F4N/c6-4(7)5(8,9)2-1-3-10/h1-2,4H,3,10H2/b2-1+. The Morgan fingerprint density at radius 2 is 1.90 bits per heavy atom. The molecule has 0 saturated heterocycles. The lowest BCUT2D eigenvalue weighted by Crippen LogP contribution is -2.23. The fraction of sp³-hybridized carbons (Fsp3) is 0.600. The molecule has 0 aromatic rings. The number of alkyl halides is 4. The van der Waals surface area contributed by atoms with Crippen molar-refractivity contribution in [1.29, 1.82) is 0 Å². The van der Waals surface area contributed by atoms with Gasteiger partial charge in [-0.2, -0.15) is 8.78 Å². The summed E-state index contributed by atoms with van der Waals surface area (Å²) in [5, 5.41) is 0. The molecule has 60 valence electrons. The molecule has 0 rings (SSSR count). The highest BCUT2D eigenvalue weighted by molar-refractivity contribution is 4.96. The van der Waals surface area contributed by atoms with Crippen LogP contribution in [0.3, 0.4) is 0 Å². The summed E-state index contributed by atoms with van der Waals surface area (Å²) in [6, 6.07) is 0. The van der Waals surface area contributed by atoms with Gasteiger partial charge in [0.25, 0.3) is 0 Å². The molecule has 0 amide bonds. The lowest BCUT2D eigenvalue weighted by molar-refractivity contribution is -0.0907. The van der Waals surface area contributed by atoms with Crippen LogP contribution < -0.4 is 5.73 Å². The molecule has 0 atom stereocenters. The lowest BCUT2D eigenvalue weighted by atomic mass is 10.3. The highest BCUT2D eigenvalue weighted by atomic mass is 19.3. The van der Waals surface area contributed by atoms with E-state index in [1.165, 1.54) is 0 Å². The molecule has 0 fully saturated rings. The summed E-state index contributed by atoms with van der Waals surface area (Å²) in [5.74, 6) is -4.04. The minimum absolute atomic E-state index is 0.109. The zero-order valence-corrected chi connectivity index (χ0v) is 5.03. The predicted octanol–water partition coefficient (Wildman–Crippen LogP) is 1.40. The molecule has 0 aliphatic rings. The molecular formula is C5H7F4N. The molecule has 0 aromatic heterocycles. The summed E-state index contributed by atoms with van der Waals surface area (Å²) in [6.45, 7) is -0.164. The van der Waals surface area contributed by atoms with Gasteiger partial charge < -0.3 is 5.73 Å². The second-order valence-corrected chi connectivity index (χ2v) is 1.61. The third-order valence-electron chi connectivity index (χ3n) is 0.767. The van der Waals surface area contributed by atoms with Gasteiger partial charge in [0.1, 0.15) is 0 Å². The van der Waals surface area contributed by atoms with Crippen LogP contribution in [0.15, 0.2) is 12.2 Å². The number of hydrogen-bond acceptors (Lipinski definition) is 1. The average Bonchev–Trinajstić information content (AvgIpc) is 1.84. The van der Waals surface area contributed by atoms with E-state index < -0.39 is 12.3 Å². The van der Waals surface area contributed by atoms with Crippen molar-refractivity contribution >= 4 is 0 Å². The van der Waals surface area contributed by atoms with E-state index >= 15 is 0 Å². The number of hydrogen-bond donors (Lipinski definition) is 1. The zero-order valence-electron chi connectivity index (χ0n) is 5.03. The molecule has 0 heterocycles. The zero-order chi connectivity index (χ0) is 8.20. The Labute approximate surface area is 55.5 Å². The third kappa shape index (κ3) is 2.82. The van der Waals surface area contributed by atoms with E-state index in [1.54, 1.807) is 0 Å². The molecular weight excluding hydrogens is 150 g/mol. The normalized spacial score (nSPS) is 13.4. The molecule has 0 aliphatic heterocycles. The lowest BCUT2D eigenvalue weighted by Gasteiger charge is -2.08. The number of halogens is 4. The summed E-state index contributed by atoms with van der Waals surface area (Å²) in [6.07, 6.45) is -2.75. The van der Waals surface area contributed by atoms with Crippen LogP contribution in [0.25, 0.3) is 0 Å². The molecule has 5 heteroatoms. The fourth-order valence-electron chi connectivity index (χ4n) is 0.298. The van der Waals surface area contributed by atoms with Gasteiger partial charge in [-0.05, 0) is 6.08 Å². The van der Waals surface area contributed by atoms with Crippen LogP contribution in [0.4, 0.5) is 17.6 Å². The molecule has 1 nitrogen and oxygen atoms in total. The number of nitrogens with two attached hydrogens (primary N) is 1. The molecule has 0 radical (unpaired) electrons. The Morgan fingerprint density at radius 1 is 1.40 bits per heavy atom. The maximum atomic E-state index is 11.8. The summed E-state index contributed by atoms with van der Waals surface area (Å²) in [5.41, 5.74) is 4.77. The minimum Gasteiger partial charge on any atom is -0.327 e. The van der Waals surface area contributed by atoms with Gasteiger partial charge in [0.15, 0.2) is 0 Å². The number of allylic oxidation sites excluding steroid dienone is 1. The van der Waals surface area contributed by atoms with Crippen molar-refractivity contribution in [3.8, 4) is 0 Å². The Hall–Kier alpha value is -0.580. The highest BCUT2D eigenvalue weighted by Gasteiger charge is 2.37. The SMILES string of the molecule is NC/C=C/C(F)(F)C(F)F. The van der Waals surface area contributed by atoms with Gasteiger partial charge >= 0.3 is 12.3 Å². The second kappa shape index (κ2) is 3.55. The van der Waals surface area contributed by atoms with Gasteiger partial charge in [0.05, 0.1) is 0 Å². The monoisotopic (exact) mass is 157 g/mol. The van der Waals surface area contributed by atoms with Crippen molar-refractivity contribution in [3.05, 3.63) is 12.2 Å². The van der Waals surface area contributed by atoms with Gasteiger partial charge in [-0.25, -0.2) is 8.78 Å².